The summed E-state index contributed by atoms with van der Waals surface area (Å²) >= 11 is 0. The summed E-state index contributed by atoms with van der Waals surface area (Å²) < 4.78 is 46.5. The predicted octanol–water partition coefficient (Wildman–Crippen LogP) is 3.32. The number of hydrogen-bond acceptors (Lipinski definition) is 5. The van der Waals surface area contributed by atoms with Crippen LogP contribution in [0.15, 0.2) is 41.4 Å². The third kappa shape index (κ3) is 5.65. The number of benzene rings is 2. The lowest BCUT2D eigenvalue weighted by Gasteiger charge is -2.17. The van der Waals surface area contributed by atoms with Gasteiger partial charge in [-0.1, -0.05) is 18.2 Å². The summed E-state index contributed by atoms with van der Waals surface area (Å²) in [6, 6.07) is 10.9. The number of para-hydroxylation sites is 1. The second-order valence-corrected chi connectivity index (χ2v) is 6.35. The quantitative estimate of drug-likeness (QED) is 0.478. The highest BCUT2D eigenvalue weighted by Crippen LogP contribution is 2.33. The fourth-order valence-electron chi connectivity index (χ4n) is 3.01. The van der Waals surface area contributed by atoms with Gasteiger partial charge in [0.05, 0.1) is 6.61 Å². The van der Waals surface area contributed by atoms with Gasteiger partial charge in [0.25, 0.3) is 0 Å². The second kappa shape index (κ2) is 10.5. The summed E-state index contributed by atoms with van der Waals surface area (Å²) in [7, 11) is 1.64. The van der Waals surface area contributed by atoms with Crippen LogP contribution in [0.5, 0.6) is 23.0 Å². The van der Waals surface area contributed by atoms with Gasteiger partial charge in [-0.25, -0.2) is 0 Å². The van der Waals surface area contributed by atoms with Gasteiger partial charge in [-0.3, -0.25) is 4.99 Å². The molecule has 3 rings (SSSR count). The minimum atomic E-state index is -2.94. The zero-order valence-electron chi connectivity index (χ0n) is 16.9. The monoisotopic (exact) mass is 421 g/mol. The zero-order valence-corrected chi connectivity index (χ0v) is 16.9. The summed E-state index contributed by atoms with van der Waals surface area (Å²) in [5, 5.41) is 6.31. The van der Waals surface area contributed by atoms with Gasteiger partial charge in [-0.15, -0.1) is 0 Å². The van der Waals surface area contributed by atoms with Crippen molar-refractivity contribution < 1.29 is 27.7 Å². The van der Waals surface area contributed by atoms with E-state index in [9.17, 15) is 8.78 Å². The van der Waals surface area contributed by atoms with Crippen molar-refractivity contribution >= 4 is 5.96 Å². The van der Waals surface area contributed by atoms with Gasteiger partial charge in [-0.05, 0) is 37.1 Å². The van der Waals surface area contributed by atoms with Crippen molar-refractivity contribution in [2.45, 2.75) is 26.5 Å². The molecule has 0 radical (unpaired) electrons. The molecule has 162 valence electrons. The van der Waals surface area contributed by atoms with Crippen LogP contribution in [-0.4, -0.2) is 39.6 Å². The Balaban J connectivity index is 1.55. The zero-order chi connectivity index (χ0) is 21.3. The van der Waals surface area contributed by atoms with E-state index in [4.69, 9.17) is 14.2 Å². The minimum Gasteiger partial charge on any atom is -0.490 e. The van der Waals surface area contributed by atoms with Gasteiger partial charge >= 0.3 is 6.61 Å². The molecule has 0 aromatic heterocycles. The number of rotatable bonds is 9. The maximum Gasteiger partial charge on any atom is 0.387 e. The molecule has 2 N–H and O–H groups in total. The van der Waals surface area contributed by atoms with Gasteiger partial charge in [0.15, 0.2) is 29.0 Å². The van der Waals surface area contributed by atoms with E-state index in [2.05, 4.69) is 20.4 Å². The van der Waals surface area contributed by atoms with E-state index in [1.54, 1.807) is 32.2 Å². The van der Waals surface area contributed by atoms with E-state index >= 15 is 0 Å². The summed E-state index contributed by atoms with van der Waals surface area (Å²) in [5.74, 6) is 2.34. The molecule has 30 heavy (non-hydrogen) atoms. The lowest BCUT2D eigenvalue weighted by molar-refractivity contribution is -0.0520. The molecule has 0 saturated carbocycles. The van der Waals surface area contributed by atoms with Gasteiger partial charge in [0.2, 0.25) is 6.79 Å². The first-order chi connectivity index (χ1) is 14.6. The van der Waals surface area contributed by atoms with Crippen LogP contribution in [0.3, 0.4) is 0 Å². The van der Waals surface area contributed by atoms with Crippen molar-refractivity contribution in [1.82, 2.24) is 10.6 Å². The number of hydrogen-bond donors (Lipinski definition) is 2. The molecule has 0 amide bonds. The van der Waals surface area contributed by atoms with Crippen LogP contribution in [0.25, 0.3) is 0 Å². The van der Waals surface area contributed by atoms with E-state index < -0.39 is 6.61 Å². The molecule has 1 aliphatic heterocycles. The van der Waals surface area contributed by atoms with Gasteiger partial charge < -0.3 is 29.6 Å². The molecule has 1 heterocycles. The van der Waals surface area contributed by atoms with Crippen molar-refractivity contribution in [3.63, 3.8) is 0 Å². The summed E-state index contributed by atoms with van der Waals surface area (Å²) in [4.78, 5) is 4.17. The molecule has 2 aromatic carbocycles. The van der Waals surface area contributed by atoms with Crippen LogP contribution < -0.4 is 29.6 Å². The van der Waals surface area contributed by atoms with Gasteiger partial charge in [0.1, 0.15) is 0 Å². The summed E-state index contributed by atoms with van der Waals surface area (Å²) in [5.41, 5.74) is 1.64. The molecule has 0 fully saturated rings. The number of nitrogens with one attached hydrogen (secondary N) is 2. The Hall–Kier alpha value is -3.23. The maximum atomic E-state index is 12.8. The topological polar surface area (TPSA) is 73.3 Å². The third-order valence-corrected chi connectivity index (χ3v) is 4.38. The first-order valence-corrected chi connectivity index (χ1v) is 9.63. The summed E-state index contributed by atoms with van der Waals surface area (Å²) in [6.07, 6.45) is 0.747. The molecular weight excluding hydrogens is 396 g/mol. The Morgan fingerprint density at radius 3 is 2.77 bits per heavy atom. The van der Waals surface area contributed by atoms with E-state index in [1.165, 1.54) is 0 Å². The Labute approximate surface area is 174 Å². The average Bonchev–Trinajstić information content (AvgIpc) is 3.20. The number of fused-ring (bicyclic) bond motifs is 1. The van der Waals surface area contributed by atoms with Crippen molar-refractivity contribution in [1.29, 1.82) is 0 Å². The van der Waals surface area contributed by atoms with Gasteiger partial charge in [-0.2, -0.15) is 8.78 Å². The fraction of sp³-hybridized carbons (Fsp3) is 0.381. The van der Waals surface area contributed by atoms with Crippen molar-refractivity contribution in [2.75, 3.05) is 27.0 Å². The fourth-order valence-corrected chi connectivity index (χ4v) is 3.01. The molecule has 0 bridgehead atoms. The minimum absolute atomic E-state index is 0.0256. The van der Waals surface area contributed by atoms with Crippen molar-refractivity contribution in [3.05, 3.63) is 47.5 Å². The summed E-state index contributed by atoms with van der Waals surface area (Å²) in [6.45, 7) is 0.299. The van der Waals surface area contributed by atoms with Crippen molar-refractivity contribution in [3.8, 4) is 23.0 Å². The molecule has 0 saturated heterocycles. The standard InChI is InChI=1S/C21H25F2N3O4/c1-3-27-17-6-4-5-15(19(17)30-20(22)23)12-26-21(24-2)25-10-9-14-7-8-16-18(11-14)29-13-28-16/h4-8,11,20H,3,9-10,12-13H2,1-2H3,(H2,24,25,26). The molecular formula is C21H25F2N3O4. The number of nitrogens with zero attached hydrogens (tertiary/aromatic N) is 1. The number of guanidine groups is 1. The van der Waals surface area contributed by atoms with Crippen LogP contribution in [0, 0.1) is 0 Å². The Morgan fingerprint density at radius 2 is 2.00 bits per heavy atom. The van der Waals surface area contributed by atoms with E-state index in [0.717, 1.165) is 23.5 Å². The molecule has 2 aromatic rings. The molecule has 0 aliphatic carbocycles. The number of alkyl halides is 2. The van der Waals surface area contributed by atoms with Crippen LogP contribution in [0.2, 0.25) is 0 Å². The van der Waals surface area contributed by atoms with E-state index in [1.807, 2.05) is 18.2 Å². The van der Waals surface area contributed by atoms with Crippen LogP contribution in [-0.2, 0) is 13.0 Å². The molecule has 7 nitrogen and oxygen atoms in total. The molecule has 0 atom stereocenters. The number of ether oxygens (including phenoxy) is 4. The SMILES string of the molecule is CCOc1cccc(CNC(=NC)NCCc2ccc3c(c2)OCO3)c1OC(F)F. The van der Waals surface area contributed by atoms with Gasteiger partial charge in [0, 0.05) is 25.7 Å². The lowest BCUT2D eigenvalue weighted by atomic mass is 10.1. The van der Waals surface area contributed by atoms with Crippen LogP contribution >= 0.6 is 0 Å². The Morgan fingerprint density at radius 1 is 1.17 bits per heavy atom. The lowest BCUT2D eigenvalue weighted by Crippen LogP contribution is -2.38. The third-order valence-electron chi connectivity index (χ3n) is 4.38. The molecule has 9 heteroatoms. The highest BCUT2D eigenvalue weighted by molar-refractivity contribution is 5.79. The Bertz CT molecular complexity index is 877. The highest BCUT2D eigenvalue weighted by Gasteiger charge is 2.16. The highest BCUT2D eigenvalue weighted by atomic mass is 19.3. The first kappa shape index (κ1) is 21.5. The van der Waals surface area contributed by atoms with Crippen LogP contribution in [0.1, 0.15) is 18.1 Å². The van der Waals surface area contributed by atoms with E-state index in [0.29, 0.717) is 24.7 Å². The largest absolute Gasteiger partial charge is 0.490 e. The second-order valence-electron chi connectivity index (χ2n) is 6.35. The maximum absolute atomic E-state index is 12.8. The first-order valence-electron chi connectivity index (χ1n) is 9.63. The van der Waals surface area contributed by atoms with Crippen LogP contribution in [0.4, 0.5) is 8.78 Å². The molecule has 0 unspecified atom stereocenters. The average molecular weight is 421 g/mol. The Kier molecular flexibility index (Phi) is 7.53. The molecule has 0 spiro atoms. The van der Waals surface area contributed by atoms with Crippen molar-refractivity contribution in [2.24, 2.45) is 4.99 Å². The molecule has 1 aliphatic rings. The van der Waals surface area contributed by atoms with E-state index in [-0.39, 0.29) is 24.8 Å². The predicted molar refractivity (Wildman–Crippen MR) is 109 cm³/mol. The number of halogens is 2. The smallest absolute Gasteiger partial charge is 0.387 e. The normalized spacial score (nSPS) is 12.8. The number of aliphatic imine (C=N–C) groups is 1.